The number of nitriles is 1. The second-order valence-corrected chi connectivity index (χ2v) is 33.4. The number of carbonyl (C=O) groups excluding carboxylic acids is 4. The van der Waals surface area contributed by atoms with Crippen molar-refractivity contribution in [2.24, 2.45) is 15.8 Å². The monoisotopic (exact) mass is 2280 g/mol. The molecule has 0 bridgehead atoms. The fraction of sp³-hybridized carbons (Fsp3) is 0.460. The number of rotatable bonds is 12. The summed E-state index contributed by atoms with van der Waals surface area (Å²) < 4.78 is 14.9. The number of hydrogen-bond acceptors (Lipinski definition) is 11. The molecule has 0 atom stereocenters. The fourth-order valence-corrected chi connectivity index (χ4v) is 12.5. The first-order valence-electron chi connectivity index (χ1n) is 39.9. The van der Waals surface area contributed by atoms with Gasteiger partial charge < -0.3 is 30.0 Å². The Morgan fingerprint density at radius 2 is 0.742 bits per heavy atom. The summed E-state index contributed by atoms with van der Waals surface area (Å²) in [5, 5.41) is 25.0. The summed E-state index contributed by atoms with van der Waals surface area (Å²) in [5.74, 6) is 13.7. The first-order chi connectivity index (χ1) is 58.7. The van der Waals surface area contributed by atoms with E-state index in [1.54, 1.807) is 24.8 Å². The molecule has 0 saturated heterocycles. The van der Waals surface area contributed by atoms with Gasteiger partial charge in [0.2, 0.25) is 6.08 Å². The highest BCUT2D eigenvalue weighted by molar-refractivity contribution is 9.10. The van der Waals surface area contributed by atoms with Crippen LogP contribution < -0.4 is 10.6 Å². The van der Waals surface area contributed by atoms with Gasteiger partial charge in [0, 0.05) is 47.1 Å². The zero-order chi connectivity index (χ0) is 96.4. The smallest absolute Gasteiger partial charge is 0.411 e. The van der Waals surface area contributed by atoms with E-state index in [9.17, 15) is 24.0 Å². The first-order valence-corrected chi connectivity index (χ1v) is 53.7. The van der Waals surface area contributed by atoms with Crippen LogP contribution in [-0.4, -0.2) is 139 Å². The average molecular weight is 2290 g/mol. The van der Waals surface area contributed by atoms with E-state index >= 15 is 0 Å². The van der Waals surface area contributed by atoms with Crippen molar-refractivity contribution >= 4 is 174 Å². The number of ether oxygens (including phenoxy) is 3. The largest absolute Gasteiger partial charge is 0.481 e. The molecule has 0 radical (unpaired) electrons. The van der Waals surface area contributed by atoms with E-state index in [-0.39, 0.29) is 45.3 Å². The van der Waals surface area contributed by atoms with Gasteiger partial charge in [-0.1, -0.05) is 368 Å². The molecule has 3 aliphatic heterocycles. The SMILES string of the molecule is BrCc1ccccc1.CBr.CBr.CBr.CBr.CBr.CBr.CBr.CBr.CC(C)(C#N)Cc1ccccc1.CC(C)(C)OC(=O)N1Cc2ccccc2CC1(C)C.CC(C)(Cc1ccccc1)C(=O)O.CC(C)(Cc1ccccc1)N=C=O.CC1(C)Cc2ccccc2CN1.COC(=O)N1Cc2ccccc2CC1(C)C.COC(=O)NC(C)(C)Cc1ccccc1. The van der Waals surface area contributed by atoms with Gasteiger partial charge >= 0.3 is 24.2 Å². The number of alkyl carbamates (subject to hydrolysis) is 1. The molecule has 0 fully saturated rings. The number of nitrogens with zero attached hydrogens (tertiary/aromatic N) is 4. The summed E-state index contributed by atoms with van der Waals surface area (Å²) in [6.07, 6.45) is 6.55. The second kappa shape index (κ2) is 71.1. The Kier molecular flexibility index (Phi) is 72.6. The molecule has 8 aromatic carbocycles. The van der Waals surface area contributed by atoms with Gasteiger partial charge in [-0.25, -0.2) is 19.2 Å². The van der Waals surface area contributed by atoms with Crippen molar-refractivity contribution in [3.05, 3.63) is 286 Å². The highest BCUT2D eigenvalue weighted by Gasteiger charge is 2.39. The minimum absolute atomic E-state index is 0.179. The number of carboxylic acids is 1. The highest BCUT2D eigenvalue weighted by atomic mass is 79.9. The number of hydrogen-bond donors (Lipinski definition) is 3. The van der Waals surface area contributed by atoms with E-state index in [0.29, 0.717) is 19.5 Å². The Hall–Kier alpha value is -5.81. The zero-order valence-electron chi connectivity index (χ0n) is 78.5. The van der Waals surface area contributed by atoms with E-state index in [1.165, 1.54) is 69.9 Å². The van der Waals surface area contributed by atoms with Gasteiger partial charge in [0.05, 0.1) is 36.7 Å². The molecule has 124 heavy (non-hydrogen) atoms. The zero-order valence-corrected chi connectivity index (χ0v) is 92.8. The van der Waals surface area contributed by atoms with Gasteiger partial charge in [0.15, 0.2) is 0 Å². The van der Waals surface area contributed by atoms with Crippen molar-refractivity contribution in [3.63, 3.8) is 0 Å². The molecule has 24 heteroatoms. The van der Waals surface area contributed by atoms with Crippen LogP contribution in [0.25, 0.3) is 0 Å². The van der Waals surface area contributed by atoms with Gasteiger partial charge in [-0.15, -0.1) is 0 Å². The first kappa shape index (κ1) is 127. The number of halogens is 9. The lowest BCUT2D eigenvalue weighted by atomic mass is 9.86. The van der Waals surface area contributed by atoms with Crippen LogP contribution in [0.3, 0.4) is 0 Å². The molecule has 3 aliphatic rings. The molecule has 0 unspecified atom stereocenters. The summed E-state index contributed by atoms with van der Waals surface area (Å²) in [4.78, 5) is 63.4. The van der Waals surface area contributed by atoms with Gasteiger partial charge in [-0.3, -0.25) is 14.6 Å². The number of nitrogens with one attached hydrogen (secondary N) is 2. The molecule has 3 heterocycles. The maximum atomic E-state index is 12.3. The normalized spacial score (nSPS) is 12.6. The molecule has 0 aliphatic carbocycles. The molecule has 11 rings (SSSR count). The topological polar surface area (TPSA) is 200 Å². The lowest BCUT2D eigenvalue weighted by molar-refractivity contribution is -0.146. The number of carboxylic acid groups (broad SMARTS) is 1. The lowest BCUT2D eigenvalue weighted by Gasteiger charge is -2.43. The van der Waals surface area contributed by atoms with Crippen LogP contribution in [0.15, 0.2) is 229 Å². The third kappa shape index (κ3) is 56.5. The van der Waals surface area contributed by atoms with Crippen LogP contribution in [0, 0.1) is 22.2 Å². The number of aliphatic imine (C=N–C) groups is 1. The molecular formula is C100H143Br9N6O9. The third-order valence-electron chi connectivity index (χ3n) is 17.9. The molecule has 0 saturated carbocycles. The van der Waals surface area contributed by atoms with Gasteiger partial charge in [-0.2, -0.15) is 10.3 Å². The summed E-state index contributed by atoms with van der Waals surface area (Å²) >= 11 is 26.9. The number of alkyl halides is 9. The van der Waals surface area contributed by atoms with Crippen LogP contribution >= 0.6 is 143 Å². The van der Waals surface area contributed by atoms with E-state index in [4.69, 9.17) is 19.8 Å². The lowest BCUT2D eigenvalue weighted by Crippen LogP contribution is -2.52. The van der Waals surface area contributed by atoms with Gasteiger partial charge in [0.1, 0.15) is 5.60 Å². The van der Waals surface area contributed by atoms with Crippen molar-refractivity contribution in [1.29, 1.82) is 5.26 Å². The van der Waals surface area contributed by atoms with Crippen LogP contribution in [0.1, 0.15) is 179 Å². The molecule has 0 spiro atoms. The fourth-order valence-electron chi connectivity index (χ4n) is 12.1. The number of isocyanates is 1. The quantitative estimate of drug-likeness (QED) is 0.0455. The molecule has 690 valence electrons. The van der Waals surface area contributed by atoms with Gasteiger partial charge in [0.25, 0.3) is 0 Å². The average Bonchev–Trinajstić information content (AvgIpc) is 0.788. The van der Waals surface area contributed by atoms with E-state index in [2.05, 4.69) is 290 Å². The Labute approximate surface area is 824 Å². The number of benzene rings is 8. The van der Waals surface area contributed by atoms with E-state index in [1.807, 2.05) is 259 Å². The van der Waals surface area contributed by atoms with Crippen LogP contribution in [-0.2, 0) is 93.7 Å². The summed E-state index contributed by atoms with van der Waals surface area (Å²) in [6.45, 7) is 36.0. The molecule has 3 N–H and O–H groups in total. The van der Waals surface area contributed by atoms with Crippen molar-refractivity contribution in [2.45, 2.75) is 221 Å². The standard InChI is InChI=1S/C16H23NO2.C13H17NO2.C12H17NO2.C11H13NO.C11H15N.C11H13N.C11H14O2.C7H7Br.8CH3Br/c1-15(2,3)19-14(18)17-11-13-9-7-6-8-12(13)10-16(17,4)5;1-13(2)8-10-6-4-5-7-11(10)9-14(13)12(15)16-3;1-12(2,13-11(14)15-3)9-10-7-5-4-6-8-10;1-11(2,12-9-13)8-10-6-4-3-5-7-10;1-11(2)7-9-5-3-4-6-10(9)8-12-11;1-11(2,9-12)8-10-6-4-3-5-7-10;1-11(2,10(12)13)8-9-6-4-3-5-7-9;8-6-7-4-2-1-3-5-7;8*1-2/h6-9H,10-11H2,1-5H3;4-7H,8-9H2,1-3H3;4-8H,9H2,1-3H3,(H,13,14);3-7H,8H2,1-2H3;3-6,12H,7-8H2,1-2H3;3-7H,8H2,1-2H3;3-7H,8H2,1-2H3,(H,12,13);1-5H,6H2;8*1H3. The Morgan fingerprint density at radius 3 is 1.06 bits per heavy atom. The van der Waals surface area contributed by atoms with Crippen molar-refractivity contribution in [3.8, 4) is 6.07 Å². The molecule has 15 nitrogen and oxygen atoms in total. The van der Waals surface area contributed by atoms with E-state index < -0.39 is 23.1 Å². The van der Waals surface area contributed by atoms with Crippen LogP contribution in [0.2, 0.25) is 0 Å². The number of aliphatic carboxylic acids is 1. The number of methoxy groups -OCH3 is 2. The van der Waals surface area contributed by atoms with Crippen molar-refractivity contribution in [1.82, 2.24) is 20.4 Å². The molecule has 8 aromatic rings. The predicted molar refractivity (Wildman–Crippen MR) is 560 cm³/mol. The number of amides is 3. The predicted octanol–water partition coefficient (Wildman–Crippen LogP) is 29.0. The summed E-state index contributed by atoms with van der Waals surface area (Å²) in [5.41, 5.74) is 11.9. The second-order valence-electron chi connectivity index (χ2n) is 32.8. The Balaban J connectivity index is -0.000000427. The van der Waals surface area contributed by atoms with Crippen molar-refractivity contribution in [2.75, 3.05) is 60.9 Å². The molecule has 0 aromatic heterocycles. The van der Waals surface area contributed by atoms with Crippen LogP contribution in [0.5, 0.6) is 0 Å². The Bertz CT molecular complexity index is 4110. The third-order valence-corrected chi connectivity index (χ3v) is 18.6. The maximum Gasteiger partial charge on any atom is 0.411 e. The van der Waals surface area contributed by atoms with E-state index in [0.717, 1.165) is 56.0 Å². The minimum atomic E-state index is -0.753. The number of carbonyl (C=O) groups is 4. The maximum absolute atomic E-state index is 12.3. The highest BCUT2D eigenvalue weighted by Crippen LogP contribution is 2.34. The summed E-state index contributed by atoms with van der Waals surface area (Å²) in [7, 11) is 2.80. The Morgan fingerprint density at radius 1 is 0.435 bits per heavy atom. The van der Waals surface area contributed by atoms with Crippen LogP contribution in [0.4, 0.5) is 14.4 Å². The molecule has 3 amide bonds. The summed E-state index contributed by atoms with van der Waals surface area (Å²) in [6, 6.07) is 77.6. The van der Waals surface area contributed by atoms with Gasteiger partial charge in [-0.05, 0) is 271 Å². The minimum Gasteiger partial charge on any atom is -0.481 e. The van der Waals surface area contributed by atoms with Crippen molar-refractivity contribution < 1.29 is 43.3 Å². The number of fused-ring (bicyclic) bond motifs is 3. The molecular weight excluding hydrogens is 2150 g/mol.